The van der Waals surface area contributed by atoms with Gasteiger partial charge in [-0.25, -0.2) is 4.79 Å². The standard InChI is InChI=1S/C23H33NO5/c1-27-21-8-18(22(26)28-2)3-4-20(21)29-13-19(25)12-24-14-23-9-15-5-16(10-23)7-17(6-15)11-23/h3-4,8,15-17,19,24-25H,5-7,9-14H2,1-2H3/t15?,16?,17?,19-,23?/m0/s1. The van der Waals surface area contributed by atoms with Crippen LogP contribution in [0, 0.1) is 23.2 Å². The van der Waals surface area contributed by atoms with Gasteiger partial charge >= 0.3 is 5.97 Å². The Kier molecular flexibility index (Phi) is 6.02. The summed E-state index contributed by atoms with van der Waals surface area (Å²) in [5.74, 6) is 3.34. The van der Waals surface area contributed by atoms with Gasteiger partial charge in [0, 0.05) is 13.1 Å². The lowest BCUT2D eigenvalue weighted by molar-refractivity contribution is -0.0524. The molecule has 0 saturated heterocycles. The Morgan fingerprint density at radius 3 is 2.38 bits per heavy atom. The van der Waals surface area contributed by atoms with Gasteiger partial charge in [-0.1, -0.05) is 0 Å². The van der Waals surface area contributed by atoms with Gasteiger partial charge in [-0.15, -0.1) is 0 Å². The molecule has 5 rings (SSSR count). The lowest BCUT2D eigenvalue weighted by Gasteiger charge is -2.57. The van der Waals surface area contributed by atoms with E-state index in [0.29, 0.717) is 29.0 Å². The highest BCUT2D eigenvalue weighted by molar-refractivity contribution is 5.90. The third-order valence-corrected chi connectivity index (χ3v) is 7.06. The number of rotatable bonds is 9. The topological polar surface area (TPSA) is 77.0 Å². The molecule has 1 aromatic rings. The number of carbonyl (C=O) groups is 1. The van der Waals surface area contributed by atoms with Crippen molar-refractivity contribution in [2.24, 2.45) is 23.2 Å². The summed E-state index contributed by atoms with van der Waals surface area (Å²) < 4.78 is 15.8. The van der Waals surface area contributed by atoms with Crippen LogP contribution in [0.1, 0.15) is 48.9 Å². The molecule has 0 aliphatic heterocycles. The number of carbonyl (C=O) groups excluding carboxylic acids is 1. The van der Waals surface area contributed by atoms with Crippen molar-refractivity contribution in [3.8, 4) is 11.5 Å². The van der Waals surface area contributed by atoms with Crippen LogP contribution in [0.2, 0.25) is 0 Å². The highest BCUT2D eigenvalue weighted by Gasteiger charge is 2.50. The van der Waals surface area contributed by atoms with Crippen LogP contribution in [0.5, 0.6) is 11.5 Å². The number of esters is 1. The normalized spacial score (nSPS) is 30.8. The molecule has 0 spiro atoms. The lowest BCUT2D eigenvalue weighted by atomic mass is 9.49. The minimum atomic E-state index is -0.603. The molecule has 4 bridgehead atoms. The van der Waals surface area contributed by atoms with Crippen LogP contribution in [0.15, 0.2) is 18.2 Å². The van der Waals surface area contributed by atoms with Crippen molar-refractivity contribution in [3.63, 3.8) is 0 Å². The van der Waals surface area contributed by atoms with Gasteiger partial charge in [0.05, 0.1) is 19.8 Å². The van der Waals surface area contributed by atoms with Crippen LogP contribution < -0.4 is 14.8 Å². The van der Waals surface area contributed by atoms with Gasteiger partial charge in [0.15, 0.2) is 11.5 Å². The lowest BCUT2D eigenvalue weighted by Crippen LogP contribution is -2.51. The fourth-order valence-electron chi connectivity index (χ4n) is 6.29. The van der Waals surface area contributed by atoms with E-state index in [2.05, 4.69) is 5.32 Å². The van der Waals surface area contributed by atoms with Gasteiger partial charge in [-0.05, 0) is 79.9 Å². The Morgan fingerprint density at radius 1 is 1.14 bits per heavy atom. The summed E-state index contributed by atoms with van der Waals surface area (Å²) in [5.41, 5.74) is 0.858. The monoisotopic (exact) mass is 403 g/mol. The molecular formula is C23H33NO5. The number of hydrogen-bond donors (Lipinski definition) is 2. The molecule has 0 unspecified atom stereocenters. The van der Waals surface area contributed by atoms with Gasteiger partial charge in [0.2, 0.25) is 0 Å². The van der Waals surface area contributed by atoms with Gasteiger partial charge in [0.1, 0.15) is 12.7 Å². The smallest absolute Gasteiger partial charge is 0.337 e. The second-order valence-electron chi connectivity index (χ2n) is 9.37. The molecule has 4 saturated carbocycles. The number of aliphatic hydroxyl groups is 1. The highest BCUT2D eigenvalue weighted by Crippen LogP contribution is 2.59. The zero-order valence-electron chi connectivity index (χ0n) is 17.5. The zero-order valence-corrected chi connectivity index (χ0v) is 17.5. The van der Waals surface area contributed by atoms with Gasteiger partial charge in [0.25, 0.3) is 0 Å². The average Bonchev–Trinajstić information content (AvgIpc) is 2.70. The molecule has 160 valence electrons. The Morgan fingerprint density at radius 2 is 1.79 bits per heavy atom. The molecule has 6 heteroatoms. The van der Waals surface area contributed by atoms with Crippen LogP contribution in [0.25, 0.3) is 0 Å². The molecule has 0 aromatic heterocycles. The van der Waals surface area contributed by atoms with E-state index in [4.69, 9.17) is 14.2 Å². The number of hydrogen-bond acceptors (Lipinski definition) is 6. The fraction of sp³-hybridized carbons (Fsp3) is 0.696. The van der Waals surface area contributed by atoms with Crippen molar-refractivity contribution >= 4 is 5.97 Å². The molecule has 1 aromatic carbocycles. The summed E-state index contributed by atoms with van der Waals surface area (Å²) in [6.07, 6.45) is 7.84. The molecule has 4 fully saturated rings. The first kappa shape index (κ1) is 20.5. The summed E-state index contributed by atoms with van der Waals surface area (Å²) in [5, 5.41) is 13.9. The van der Waals surface area contributed by atoms with Crippen molar-refractivity contribution in [1.82, 2.24) is 5.32 Å². The number of aliphatic hydroxyl groups excluding tert-OH is 1. The molecule has 29 heavy (non-hydrogen) atoms. The summed E-state index contributed by atoms with van der Waals surface area (Å²) in [6.45, 7) is 1.69. The first-order valence-corrected chi connectivity index (χ1v) is 10.8. The molecule has 0 radical (unpaired) electrons. The van der Waals surface area contributed by atoms with Crippen LogP contribution in [0.3, 0.4) is 0 Å². The van der Waals surface area contributed by atoms with E-state index in [1.54, 1.807) is 18.2 Å². The van der Waals surface area contributed by atoms with E-state index in [9.17, 15) is 9.90 Å². The average molecular weight is 404 g/mol. The molecule has 2 N–H and O–H groups in total. The molecule has 4 aliphatic rings. The summed E-state index contributed by atoms with van der Waals surface area (Å²) in [4.78, 5) is 11.6. The largest absolute Gasteiger partial charge is 0.493 e. The summed E-state index contributed by atoms with van der Waals surface area (Å²) in [7, 11) is 2.86. The fourth-order valence-corrected chi connectivity index (χ4v) is 6.29. The number of ether oxygens (including phenoxy) is 3. The maximum Gasteiger partial charge on any atom is 0.337 e. The quantitative estimate of drug-likeness (QED) is 0.617. The minimum absolute atomic E-state index is 0.168. The van der Waals surface area contributed by atoms with Gasteiger partial charge < -0.3 is 24.6 Å². The molecule has 4 aliphatic carbocycles. The van der Waals surface area contributed by atoms with Crippen molar-refractivity contribution in [3.05, 3.63) is 23.8 Å². The predicted molar refractivity (Wildman–Crippen MR) is 109 cm³/mol. The Bertz CT molecular complexity index is 699. The Labute approximate surface area is 172 Å². The number of methoxy groups -OCH3 is 2. The van der Waals surface area contributed by atoms with Crippen LogP contribution in [0.4, 0.5) is 0 Å². The van der Waals surface area contributed by atoms with Gasteiger partial charge in [-0.3, -0.25) is 0 Å². The van der Waals surface area contributed by atoms with E-state index >= 15 is 0 Å². The van der Waals surface area contributed by atoms with Crippen LogP contribution in [-0.2, 0) is 4.74 Å². The SMILES string of the molecule is COC(=O)c1ccc(OC[C@@H](O)CNCC23CC4CC(CC(C4)C2)C3)c(OC)c1. The predicted octanol–water partition coefficient (Wildman–Crippen LogP) is 3.03. The maximum absolute atomic E-state index is 11.6. The van der Waals surface area contributed by atoms with Crippen LogP contribution >= 0.6 is 0 Å². The van der Waals surface area contributed by atoms with Crippen molar-refractivity contribution in [2.45, 2.75) is 44.6 Å². The highest BCUT2D eigenvalue weighted by atomic mass is 16.5. The first-order chi connectivity index (χ1) is 14.0. The van der Waals surface area contributed by atoms with E-state index in [1.807, 2.05) is 0 Å². The van der Waals surface area contributed by atoms with Gasteiger partial charge in [-0.2, -0.15) is 0 Å². The molecule has 0 amide bonds. The minimum Gasteiger partial charge on any atom is -0.493 e. The zero-order chi connectivity index (χ0) is 20.4. The summed E-state index contributed by atoms with van der Waals surface area (Å²) >= 11 is 0. The van der Waals surface area contributed by atoms with Crippen molar-refractivity contribution in [1.29, 1.82) is 0 Å². The molecular weight excluding hydrogens is 370 g/mol. The third-order valence-electron chi connectivity index (χ3n) is 7.06. The molecule has 1 atom stereocenters. The number of nitrogens with one attached hydrogen (secondary N) is 1. The van der Waals surface area contributed by atoms with E-state index in [1.165, 1.54) is 52.7 Å². The second kappa shape index (κ2) is 8.52. The second-order valence-corrected chi connectivity index (χ2v) is 9.37. The summed E-state index contributed by atoms with van der Waals surface area (Å²) in [6, 6.07) is 4.88. The van der Waals surface area contributed by atoms with Crippen molar-refractivity contribution in [2.75, 3.05) is 33.9 Å². The molecule has 0 heterocycles. The Balaban J connectivity index is 1.24. The number of benzene rings is 1. The van der Waals surface area contributed by atoms with E-state index in [0.717, 1.165) is 24.3 Å². The van der Waals surface area contributed by atoms with Crippen molar-refractivity contribution < 1.29 is 24.1 Å². The molecule has 6 nitrogen and oxygen atoms in total. The maximum atomic E-state index is 11.6. The first-order valence-electron chi connectivity index (χ1n) is 10.8. The van der Waals surface area contributed by atoms with E-state index in [-0.39, 0.29) is 6.61 Å². The third kappa shape index (κ3) is 4.53. The van der Waals surface area contributed by atoms with E-state index < -0.39 is 12.1 Å². The Hall–Kier alpha value is -1.79. The van der Waals surface area contributed by atoms with Crippen LogP contribution in [-0.4, -0.2) is 51.1 Å².